The molecule has 1 aromatic heterocycles. The van der Waals surface area contributed by atoms with Crippen molar-refractivity contribution in [3.05, 3.63) is 34.3 Å². The number of halogens is 1. The van der Waals surface area contributed by atoms with Crippen LogP contribution in [0.15, 0.2) is 24.3 Å². The largest absolute Gasteiger partial charge is 0.486 e. The van der Waals surface area contributed by atoms with E-state index in [-0.39, 0.29) is 5.91 Å². The summed E-state index contributed by atoms with van der Waals surface area (Å²) in [5.41, 5.74) is 0. The van der Waals surface area contributed by atoms with Gasteiger partial charge in [0.25, 0.3) is 0 Å². The quantitative estimate of drug-likeness (QED) is 0.878. The van der Waals surface area contributed by atoms with E-state index >= 15 is 0 Å². The molecule has 1 aromatic carbocycles. The van der Waals surface area contributed by atoms with E-state index in [1.807, 2.05) is 13.8 Å². The van der Waals surface area contributed by atoms with Crippen LogP contribution in [-0.4, -0.2) is 16.1 Å². The van der Waals surface area contributed by atoms with Gasteiger partial charge in [0.15, 0.2) is 5.01 Å². The number of aromatic nitrogens is 2. The van der Waals surface area contributed by atoms with E-state index in [1.54, 1.807) is 24.3 Å². The molecule has 0 aliphatic carbocycles. The molecule has 1 amide bonds. The highest BCUT2D eigenvalue weighted by atomic mass is 35.5. The Hall–Kier alpha value is -1.66. The molecule has 0 radical (unpaired) electrons. The summed E-state index contributed by atoms with van der Waals surface area (Å²) in [5, 5.41) is 12.5. The Morgan fingerprint density at radius 2 is 2.05 bits per heavy atom. The van der Waals surface area contributed by atoms with Crippen LogP contribution < -0.4 is 10.1 Å². The molecule has 0 aliphatic heterocycles. The van der Waals surface area contributed by atoms with E-state index in [0.29, 0.717) is 39.9 Å². The minimum atomic E-state index is -0.0497. The fourth-order valence-corrected chi connectivity index (χ4v) is 2.37. The van der Waals surface area contributed by atoms with E-state index < -0.39 is 0 Å². The number of hydrogen-bond acceptors (Lipinski definition) is 5. The molecule has 0 spiro atoms. The first-order valence-corrected chi connectivity index (χ1v) is 7.73. The van der Waals surface area contributed by atoms with Crippen molar-refractivity contribution < 1.29 is 9.53 Å². The zero-order valence-corrected chi connectivity index (χ0v) is 13.4. The summed E-state index contributed by atoms with van der Waals surface area (Å²) in [7, 11) is 0. The molecule has 0 saturated heterocycles. The molecule has 2 rings (SSSR count). The summed E-state index contributed by atoms with van der Waals surface area (Å²) < 4.78 is 5.57. The van der Waals surface area contributed by atoms with Crippen molar-refractivity contribution in [1.82, 2.24) is 10.2 Å². The number of hydrogen-bond donors (Lipinski definition) is 1. The molecule has 0 bridgehead atoms. The van der Waals surface area contributed by atoms with Gasteiger partial charge >= 0.3 is 0 Å². The first-order valence-electron chi connectivity index (χ1n) is 6.53. The number of rotatable bonds is 6. The van der Waals surface area contributed by atoms with E-state index in [9.17, 15) is 4.79 Å². The van der Waals surface area contributed by atoms with Crippen LogP contribution in [0.2, 0.25) is 5.02 Å². The third kappa shape index (κ3) is 5.32. The average Bonchev–Trinajstić information content (AvgIpc) is 2.84. The van der Waals surface area contributed by atoms with Crippen molar-refractivity contribution in [3.63, 3.8) is 0 Å². The van der Waals surface area contributed by atoms with E-state index in [0.717, 1.165) is 0 Å². The summed E-state index contributed by atoms with van der Waals surface area (Å²) in [6.07, 6.45) is 0.468. The summed E-state index contributed by atoms with van der Waals surface area (Å²) in [6, 6.07) is 7.09. The van der Waals surface area contributed by atoms with E-state index in [4.69, 9.17) is 16.3 Å². The number of amides is 1. The first-order chi connectivity index (χ1) is 10.0. The second-order valence-corrected chi connectivity index (χ2v) is 6.39. The van der Waals surface area contributed by atoms with Crippen molar-refractivity contribution in [2.75, 3.05) is 5.32 Å². The Bertz CT molecular complexity index is 599. The van der Waals surface area contributed by atoms with Crippen LogP contribution in [0.25, 0.3) is 0 Å². The Labute approximate surface area is 132 Å². The van der Waals surface area contributed by atoms with Crippen LogP contribution in [0.1, 0.15) is 25.3 Å². The number of benzene rings is 1. The highest BCUT2D eigenvalue weighted by molar-refractivity contribution is 7.15. The monoisotopic (exact) mass is 325 g/mol. The van der Waals surface area contributed by atoms with Crippen LogP contribution >= 0.6 is 22.9 Å². The van der Waals surface area contributed by atoms with Crippen molar-refractivity contribution >= 4 is 34.0 Å². The van der Waals surface area contributed by atoms with Gasteiger partial charge in [-0.1, -0.05) is 36.8 Å². The maximum atomic E-state index is 11.6. The Balaban J connectivity index is 1.85. The van der Waals surface area contributed by atoms with Gasteiger partial charge in [0.1, 0.15) is 12.4 Å². The minimum absolute atomic E-state index is 0.0497. The number of carbonyl (C=O) groups excluding carboxylic acids is 1. The van der Waals surface area contributed by atoms with Crippen LogP contribution in [0.5, 0.6) is 5.75 Å². The molecule has 0 fully saturated rings. The third-order valence-electron chi connectivity index (χ3n) is 2.48. The number of nitrogens with one attached hydrogen (secondary N) is 1. The molecule has 1 heterocycles. The lowest BCUT2D eigenvalue weighted by Gasteiger charge is -2.03. The van der Waals surface area contributed by atoms with Gasteiger partial charge in [0, 0.05) is 11.4 Å². The summed E-state index contributed by atoms with van der Waals surface area (Å²) in [5.74, 6) is 0.969. The maximum absolute atomic E-state index is 11.6. The van der Waals surface area contributed by atoms with Gasteiger partial charge in [0.05, 0.1) is 0 Å². The highest BCUT2D eigenvalue weighted by Crippen LogP contribution is 2.20. The van der Waals surface area contributed by atoms with Crippen molar-refractivity contribution in [1.29, 1.82) is 0 Å². The number of anilines is 1. The summed E-state index contributed by atoms with van der Waals surface area (Å²) >= 11 is 7.11. The fourth-order valence-electron chi connectivity index (χ4n) is 1.58. The zero-order chi connectivity index (χ0) is 15.2. The van der Waals surface area contributed by atoms with Gasteiger partial charge in [-0.3, -0.25) is 4.79 Å². The van der Waals surface area contributed by atoms with Gasteiger partial charge in [0.2, 0.25) is 11.0 Å². The topological polar surface area (TPSA) is 64.1 Å². The zero-order valence-electron chi connectivity index (χ0n) is 11.8. The van der Waals surface area contributed by atoms with Crippen LogP contribution in [0.4, 0.5) is 5.13 Å². The second kappa shape index (κ2) is 7.38. The standard InChI is InChI=1S/C14H16ClN3O2S/c1-9(2)7-12(19)16-14-18-17-13(21-14)8-20-11-5-3-10(15)4-6-11/h3-6,9H,7-8H2,1-2H3,(H,16,18,19). The summed E-state index contributed by atoms with van der Waals surface area (Å²) in [4.78, 5) is 11.6. The van der Waals surface area contributed by atoms with Gasteiger partial charge in [-0.2, -0.15) is 0 Å². The molecule has 21 heavy (non-hydrogen) atoms. The smallest absolute Gasteiger partial charge is 0.226 e. The maximum Gasteiger partial charge on any atom is 0.226 e. The minimum Gasteiger partial charge on any atom is -0.486 e. The van der Waals surface area contributed by atoms with Crippen molar-refractivity contribution in [2.45, 2.75) is 26.9 Å². The molecule has 112 valence electrons. The van der Waals surface area contributed by atoms with Gasteiger partial charge in [-0.05, 0) is 30.2 Å². The molecule has 5 nitrogen and oxygen atoms in total. The van der Waals surface area contributed by atoms with Gasteiger partial charge in [-0.15, -0.1) is 10.2 Å². The fraction of sp³-hybridized carbons (Fsp3) is 0.357. The Kier molecular flexibility index (Phi) is 5.52. The lowest BCUT2D eigenvalue weighted by Crippen LogP contribution is -2.13. The molecule has 1 N–H and O–H groups in total. The van der Waals surface area contributed by atoms with Crippen LogP contribution in [-0.2, 0) is 11.4 Å². The van der Waals surface area contributed by atoms with Crippen molar-refractivity contribution in [3.8, 4) is 5.75 Å². The SMILES string of the molecule is CC(C)CC(=O)Nc1nnc(COc2ccc(Cl)cc2)s1. The van der Waals surface area contributed by atoms with Crippen LogP contribution in [0.3, 0.4) is 0 Å². The molecule has 0 unspecified atom stereocenters. The third-order valence-corrected chi connectivity index (χ3v) is 3.55. The molecule has 7 heteroatoms. The second-order valence-electron chi connectivity index (χ2n) is 4.89. The van der Waals surface area contributed by atoms with E-state index in [1.165, 1.54) is 11.3 Å². The van der Waals surface area contributed by atoms with Gasteiger partial charge in [-0.25, -0.2) is 0 Å². The lowest BCUT2D eigenvalue weighted by molar-refractivity contribution is -0.116. The predicted octanol–water partition coefficient (Wildman–Crippen LogP) is 3.76. The molecular weight excluding hydrogens is 310 g/mol. The molecule has 0 aliphatic rings. The molecular formula is C14H16ClN3O2S. The lowest BCUT2D eigenvalue weighted by atomic mass is 10.1. The number of carbonyl (C=O) groups is 1. The normalized spacial score (nSPS) is 10.7. The number of nitrogens with zero attached hydrogens (tertiary/aromatic N) is 2. The Morgan fingerprint density at radius 3 is 2.71 bits per heavy atom. The summed E-state index contributed by atoms with van der Waals surface area (Å²) in [6.45, 7) is 4.29. The average molecular weight is 326 g/mol. The molecule has 0 atom stereocenters. The van der Waals surface area contributed by atoms with Gasteiger partial charge < -0.3 is 10.1 Å². The van der Waals surface area contributed by atoms with Crippen molar-refractivity contribution in [2.24, 2.45) is 5.92 Å². The van der Waals surface area contributed by atoms with Crippen LogP contribution in [0, 0.1) is 5.92 Å². The number of ether oxygens (including phenoxy) is 1. The Morgan fingerprint density at radius 1 is 1.33 bits per heavy atom. The first kappa shape index (κ1) is 15.7. The predicted molar refractivity (Wildman–Crippen MR) is 83.8 cm³/mol. The highest BCUT2D eigenvalue weighted by Gasteiger charge is 2.10. The van der Waals surface area contributed by atoms with E-state index in [2.05, 4.69) is 15.5 Å². The molecule has 0 saturated carbocycles. The molecule has 2 aromatic rings.